The van der Waals surface area contributed by atoms with E-state index in [0.29, 0.717) is 17.7 Å². The molecule has 0 aliphatic heterocycles. The van der Waals surface area contributed by atoms with Crippen molar-refractivity contribution < 1.29 is 9.90 Å². The molecule has 0 spiro atoms. The van der Waals surface area contributed by atoms with Crippen LogP contribution in [-0.4, -0.2) is 22.6 Å². The summed E-state index contributed by atoms with van der Waals surface area (Å²) in [6.07, 6.45) is 1.37. The fraction of sp³-hybridized carbons (Fsp3) is 0.143. The number of aromatic nitrogens is 1. The van der Waals surface area contributed by atoms with Crippen LogP contribution in [0.25, 0.3) is 10.8 Å². The van der Waals surface area contributed by atoms with E-state index in [0.717, 1.165) is 5.39 Å². The molecule has 4 heteroatoms. The predicted molar refractivity (Wildman–Crippen MR) is 70.6 cm³/mol. The summed E-state index contributed by atoms with van der Waals surface area (Å²) in [6, 6.07) is 7.28. The summed E-state index contributed by atoms with van der Waals surface area (Å²) in [5.41, 5.74) is 0.206. The summed E-state index contributed by atoms with van der Waals surface area (Å²) >= 11 is 0. The molecule has 2 N–H and O–H groups in total. The molecular formula is C14H12N2O2. The number of carbonyl (C=O) groups is 1. The number of pyridine rings is 1. The van der Waals surface area contributed by atoms with E-state index in [4.69, 9.17) is 5.11 Å². The van der Waals surface area contributed by atoms with Crippen molar-refractivity contribution in [3.63, 3.8) is 0 Å². The van der Waals surface area contributed by atoms with Crippen LogP contribution in [0.5, 0.6) is 0 Å². The zero-order valence-electron chi connectivity index (χ0n) is 9.90. The number of aromatic carboxylic acids is 1. The highest BCUT2D eigenvalue weighted by Gasteiger charge is 2.11. The normalized spacial score (nSPS) is 9.61. The number of benzene rings is 1. The quantitative estimate of drug-likeness (QED) is 0.808. The average molecular weight is 240 g/mol. The Kier molecular flexibility index (Phi) is 3.44. The number of rotatable bonds is 3. The van der Waals surface area contributed by atoms with Crippen LogP contribution in [0.3, 0.4) is 0 Å². The Morgan fingerprint density at radius 1 is 1.39 bits per heavy atom. The van der Waals surface area contributed by atoms with Crippen molar-refractivity contribution in [2.24, 2.45) is 0 Å². The van der Waals surface area contributed by atoms with Gasteiger partial charge in [-0.25, -0.2) is 9.78 Å². The van der Waals surface area contributed by atoms with Crippen molar-refractivity contribution in [1.29, 1.82) is 0 Å². The Labute approximate surface area is 105 Å². The van der Waals surface area contributed by atoms with Crippen molar-refractivity contribution in [3.8, 4) is 11.8 Å². The SMILES string of the molecule is CC#CCNc1ncc(C(=O)O)c2ccccc12. The maximum atomic E-state index is 11.1. The number of nitrogens with zero attached hydrogens (tertiary/aromatic N) is 1. The number of nitrogens with one attached hydrogen (secondary N) is 1. The zero-order chi connectivity index (χ0) is 13.0. The first-order valence-electron chi connectivity index (χ1n) is 5.48. The van der Waals surface area contributed by atoms with Crippen LogP contribution in [0.1, 0.15) is 17.3 Å². The van der Waals surface area contributed by atoms with Crippen LogP contribution < -0.4 is 5.32 Å². The zero-order valence-corrected chi connectivity index (χ0v) is 9.90. The molecule has 0 atom stereocenters. The molecule has 0 aliphatic rings. The number of carboxylic acid groups (broad SMARTS) is 1. The molecule has 0 saturated heterocycles. The molecule has 0 aliphatic carbocycles. The predicted octanol–water partition coefficient (Wildman–Crippen LogP) is 2.37. The molecule has 0 saturated carbocycles. The minimum atomic E-state index is -0.974. The second kappa shape index (κ2) is 5.19. The van der Waals surface area contributed by atoms with Crippen LogP contribution in [-0.2, 0) is 0 Å². The number of fused-ring (bicyclic) bond motifs is 1. The minimum absolute atomic E-state index is 0.206. The molecule has 2 rings (SSSR count). The summed E-state index contributed by atoms with van der Waals surface area (Å²) in [6.45, 7) is 2.25. The topological polar surface area (TPSA) is 62.2 Å². The van der Waals surface area contributed by atoms with Gasteiger partial charge in [-0.2, -0.15) is 0 Å². The number of anilines is 1. The van der Waals surface area contributed by atoms with Gasteiger partial charge in [-0.3, -0.25) is 0 Å². The monoisotopic (exact) mass is 240 g/mol. The van der Waals surface area contributed by atoms with E-state index < -0.39 is 5.97 Å². The molecule has 1 heterocycles. The molecule has 18 heavy (non-hydrogen) atoms. The lowest BCUT2D eigenvalue weighted by atomic mass is 10.1. The molecule has 0 fully saturated rings. The highest BCUT2D eigenvalue weighted by molar-refractivity contribution is 6.06. The van der Waals surface area contributed by atoms with Crippen LogP contribution in [0, 0.1) is 11.8 Å². The Bertz CT molecular complexity index is 654. The van der Waals surface area contributed by atoms with Gasteiger partial charge >= 0.3 is 5.97 Å². The molecule has 0 radical (unpaired) electrons. The molecule has 1 aromatic carbocycles. The smallest absolute Gasteiger partial charge is 0.337 e. The number of hydrogen-bond acceptors (Lipinski definition) is 3. The maximum absolute atomic E-state index is 11.1. The van der Waals surface area contributed by atoms with Crippen LogP contribution in [0.4, 0.5) is 5.82 Å². The molecular weight excluding hydrogens is 228 g/mol. The second-order valence-corrected chi connectivity index (χ2v) is 3.65. The first kappa shape index (κ1) is 11.9. The highest BCUT2D eigenvalue weighted by Crippen LogP contribution is 2.24. The van der Waals surface area contributed by atoms with Crippen LogP contribution >= 0.6 is 0 Å². The van der Waals surface area contributed by atoms with E-state index in [1.165, 1.54) is 6.20 Å². The fourth-order valence-corrected chi connectivity index (χ4v) is 1.72. The molecule has 90 valence electrons. The molecule has 2 aromatic rings. The van der Waals surface area contributed by atoms with Gasteiger partial charge < -0.3 is 10.4 Å². The Morgan fingerprint density at radius 3 is 2.78 bits per heavy atom. The largest absolute Gasteiger partial charge is 0.478 e. The lowest BCUT2D eigenvalue weighted by Gasteiger charge is -2.08. The molecule has 1 aromatic heterocycles. The maximum Gasteiger partial charge on any atom is 0.337 e. The van der Waals surface area contributed by atoms with Crippen molar-refractivity contribution in [3.05, 3.63) is 36.0 Å². The fourth-order valence-electron chi connectivity index (χ4n) is 1.72. The summed E-state index contributed by atoms with van der Waals surface area (Å²) in [4.78, 5) is 15.2. The molecule has 0 amide bonds. The van der Waals surface area contributed by atoms with Gasteiger partial charge in [0.25, 0.3) is 0 Å². The third-order valence-corrected chi connectivity index (χ3v) is 2.55. The van der Waals surface area contributed by atoms with Crippen LogP contribution in [0.2, 0.25) is 0 Å². The van der Waals surface area contributed by atoms with E-state index in [1.807, 2.05) is 18.2 Å². The van der Waals surface area contributed by atoms with Gasteiger partial charge in [-0.1, -0.05) is 30.2 Å². The second-order valence-electron chi connectivity index (χ2n) is 3.65. The van der Waals surface area contributed by atoms with Crippen molar-refractivity contribution in [2.45, 2.75) is 6.92 Å². The summed E-state index contributed by atoms with van der Waals surface area (Å²) in [5.74, 6) is 5.34. The summed E-state index contributed by atoms with van der Waals surface area (Å²) in [5, 5.41) is 13.6. The van der Waals surface area contributed by atoms with Gasteiger partial charge in [-0.05, 0) is 6.92 Å². The van der Waals surface area contributed by atoms with Crippen LogP contribution in [0.15, 0.2) is 30.5 Å². The average Bonchev–Trinajstić information content (AvgIpc) is 2.38. The van der Waals surface area contributed by atoms with E-state index in [9.17, 15) is 4.79 Å². The van der Waals surface area contributed by atoms with Gasteiger partial charge in [0.1, 0.15) is 5.82 Å². The van der Waals surface area contributed by atoms with Crippen molar-refractivity contribution >= 4 is 22.6 Å². The minimum Gasteiger partial charge on any atom is -0.478 e. The molecule has 0 bridgehead atoms. The van der Waals surface area contributed by atoms with E-state index in [1.54, 1.807) is 13.0 Å². The highest BCUT2D eigenvalue weighted by atomic mass is 16.4. The van der Waals surface area contributed by atoms with Gasteiger partial charge in [0.05, 0.1) is 12.1 Å². The Balaban J connectivity index is 2.52. The van der Waals surface area contributed by atoms with Crippen molar-refractivity contribution in [1.82, 2.24) is 4.98 Å². The van der Waals surface area contributed by atoms with E-state index in [2.05, 4.69) is 22.1 Å². The van der Waals surface area contributed by atoms with Gasteiger partial charge in [0.15, 0.2) is 0 Å². The summed E-state index contributed by atoms with van der Waals surface area (Å²) < 4.78 is 0. The Hall–Kier alpha value is -2.54. The summed E-state index contributed by atoms with van der Waals surface area (Å²) in [7, 11) is 0. The molecule has 4 nitrogen and oxygen atoms in total. The van der Waals surface area contributed by atoms with Gasteiger partial charge in [-0.15, -0.1) is 5.92 Å². The number of carboxylic acids is 1. The Morgan fingerprint density at radius 2 is 2.11 bits per heavy atom. The van der Waals surface area contributed by atoms with Crippen molar-refractivity contribution in [2.75, 3.05) is 11.9 Å². The van der Waals surface area contributed by atoms with Gasteiger partial charge in [0, 0.05) is 17.0 Å². The number of hydrogen-bond donors (Lipinski definition) is 2. The lowest BCUT2D eigenvalue weighted by molar-refractivity contribution is 0.0698. The first-order chi connectivity index (χ1) is 8.74. The van der Waals surface area contributed by atoms with E-state index >= 15 is 0 Å². The molecule has 0 unspecified atom stereocenters. The lowest BCUT2D eigenvalue weighted by Crippen LogP contribution is -2.05. The van der Waals surface area contributed by atoms with E-state index in [-0.39, 0.29) is 5.56 Å². The third-order valence-electron chi connectivity index (χ3n) is 2.55. The first-order valence-corrected chi connectivity index (χ1v) is 5.48. The third kappa shape index (κ3) is 2.25. The van der Waals surface area contributed by atoms with Gasteiger partial charge in [0.2, 0.25) is 0 Å². The standard InChI is InChI=1S/C14H12N2O2/c1-2-3-8-15-13-11-7-5-4-6-10(11)12(9-16-13)14(17)18/h4-7,9H,8H2,1H3,(H,15,16)(H,17,18).